The van der Waals surface area contributed by atoms with Gasteiger partial charge in [0.1, 0.15) is 0 Å². The third-order valence-electron chi connectivity index (χ3n) is 4.53. The molecule has 3 atom stereocenters. The molecule has 3 nitrogen and oxygen atoms in total. The van der Waals surface area contributed by atoms with Crippen LogP contribution in [0.2, 0.25) is 0 Å². The Morgan fingerprint density at radius 2 is 2.22 bits per heavy atom. The molecule has 1 aliphatic heterocycles. The van der Waals surface area contributed by atoms with Gasteiger partial charge in [0.25, 0.3) is 0 Å². The largest absolute Gasteiger partial charge is 0.393 e. The van der Waals surface area contributed by atoms with Crippen LogP contribution in [-0.4, -0.2) is 33.7 Å². The lowest BCUT2D eigenvalue weighted by molar-refractivity contribution is 0.0318. The minimum absolute atomic E-state index is 0.0583. The normalized spacial score (nSPS) is 33.9. The predicted octanol–water partition coefficient (Wildman–Crippen LogP) is 2.66. The van der Waals surface area contributed by atoms with Gasteiger partial charge in [-0.3, -0.25) is 9.88 Å². The monoisotopic (exact) mass is 266 g/mol. The van der Waals surface area contributed by atoms with Crippen LogP contribution in [0.1, 0.15) is 43.4 Å². The molecule has 100 valence electrons. The van der Waals surface area contributed by atoms with E-state index in [1.165, 1.54) is 43.5 Å². The summed E-state index contributed by atoms with van der Waals surface area (Å²) in [6.07, 6.45) is 9.25. The van der Waals surface area contributed by atoms with E-state index in [2.05, 4.69) is 9.88 Å². The lowest BCUT2D eigenvalue weighted by Crippen LogP contribution is -2.45. The second kappa shape index (κ2) is 5.68. The Bertz CT molecular complexity index is 368. The molecule has 2 heterocycles. The van der Waals surface area contributed by atoms with Gasteiger partial charge in [-0.15, -0.1) is 11.3 Å². The zero-order chi connectivity index (χ0) is 12.4. The van der Waals surface area contributed by atoms with E-state index in [0.29, 0.717) is 12.0 Å². The zero-order valence-corrected chi connectivity index (χ0v) is 11.6. The van der Waals surface area contributed by atoms with Gasteiger partial charge < -0.3 is 5.11 Å². The summed E-state index contributed by atoms with van der Waals surface area (Å²) in [7, 11) is 0. The topological polar surface area (TPSA) is 36.4 Å². The average molecular weight is 266 g/mol. The van der Waals surface area contributed by atoms with Crippen LogP contribution in [0.4, 0.5) is 0 Å². The Labute approximate surface area is 113 Å². The van der Waals surface area contributed by atoms with Gasteiger partial charge in [0.2, 0.25) is 0 Å². The highest BCUT2D eigenvalue weighted by Crippen LogP contribution is 2.35. The van der Waals surface area contributed by atoms with Crippen LogP contribution in [0.15, 0.2) is 11.7 Å². The van der Waals surface area contributed by atoms with E-state index < -0.39 is 0 Å². The van der Waals surface area contributed by atoms with Crippen LogP contribution in [0, 0.1) is 5.92 Å². The molecular formula is C14H22N2OS. The number of piperidine rings is 1. The Morgan fingerprint density at radius 1 is 1.28 bits per heavy atom. The first-order chi connectivity index (χ1) is 8.84. The molecule has 0 bridgehead atoms. The number of likely N-dealkylation sites (tertiary alicyclic amines) is 1. The lowest BCUT2D eigenvalue weighted by Gasteiger charge is -2.40. The third kappa shape index (κ3) is 2.60. The van der Waals surface area contributed by atoms with Crippen LogP contribution in [0.25, 0.3) is 0 Å². The third-order valence-corrected chi connectivity index (χ3v) is 5.30. The number of aliphatic hydroxyl groups is 1. The maximum atomic E-state index is 10.1. The molecule has 1 saturated carbocycles. The minimum Gasteiger partial charge on any atom is -0.393 e. The summed E-state index contributed by atoms with van der Waals surface area (Å²) >= 11 is 1.75. The van der Waals surface area contributed by atoms with Crippen molar-refractivity contribution >= 4 is 11.3 Å². The molecule has 0 spiro atoms. The van der Waals surface area contributed by atoms with Gasteiger partial charge in [0.05, 0.1) is 11.6 Å². The van der Waals surface area contributed by atoms with Crippen molar-refractivity contribution in [2.45, 2.75) is 57.2 Å². The molecule has 2 fully saturated rings. The number of rotatable bonds is 3. The van der Waals surface area contributed by atoms with E-state index in [9.17, 15) is 5.11 Å². The van der Waals surface area contributed by atoms with Crippen LogP contribution < -0.4 is 0 Å². The van der Waals surface area contributed by atoms with Gasteiger partial charge in [0.15, 0.2) is 0 Å². The highest BCUT2D eigenvalue weighted by molar-refractivity contribution is 7.09. The molecule has 3 unspecified atom stereocenters. The van der Waals surface area contributed by atoms with E-state index in [4.69, 9.17) is 0 Å². The summed E-state index contributed by atoms with van der Waals surface area (Å²) in [6, 6.07) is 0.596. The summed E-state index contributed by atoms with van der Waals surface area (Å²) in [5.74, 6) is 0.512. The molecule has 1 aromatic rings. The van der Waals surface area contributed by atoms with Crippen molar-refractivity contribution in [3.8, 4) is 0 Å². The summed E-state index contributed by atoms with van der Waals surface area (Å²) in [5.41, 5.74) is 1.92. The fraction of sp³-hybridized carbons (Fsp3) is 0.786. The summed E-state index contributed by atoms with van der Waals surface area (Å²) in [4.78, 5) is 8.12. The standard InChI is InChI=1S/C14H22N2OS/c17-14-6-3-4-12(14)13-5-1-2-7-16(13)9-11-8-15-10-18-11/h8,10,12-14,17H,1-7,9H2. The Hall–Kier alpha value is -0.450. The van der Waals surface area contributed by atoms with Gasteiger partial charge in [-0.1, -0.05) is 12.8 Å². The van der Waals surface area contributed by atoms with E-state index in [1.807, 2.05) is 11.7 Å². The number of hydrogen-bond donors (Lipinski definition) is 1. The van der Waals surface area contributed by atoms with Crippen LogP contribution in [0.5, 0.6) is 0 Å². The van der Waals surface area contributed by atoms with Crippen molar-refractivity contribution in [2.75, 3.05) is 6.54 Å². The van der Waals surface area contributed by atoms with E-state index in [-0.39, 0.29) is 6.10 Å². The van der Waals surface area contributed by atoms with E-state index in [1.54, 1.807) is 11.3 Å². The van der Waals surface area contributed by atoms with Gasteiger partial charge in [-0.2, -0.15) is 0 Å². The molecule has 0 aromatic carbocycles. The molecule has 1 aromatic heterocycles. The molecule has 2 aliphatic rings. The molecule has 0 amide bonds. The first-order valence-corrected chi connectivity index (χ1v) is 8.02. The maximum absolute atomic E-state index is 10.1. The van der Waals surface area contributed by atoms with E-state index in [0.717, 1.165) is 13.0 Å². The minimum atomic E-state index is -0.0583. The number of hydrogen-bond acceptors (Lipinski definition) is 4. The quantitative estimate of drug-likeness (QED) is 0.913. The predicted molar refractivity (Wildman–Crippen MR) is 73.5 cm³/mol. The fourth-order valence-electron chi connectivity index (χ4n) is 3.64. The van der Waals surface area contributed by atoms with Gasteiger partial charge in [0, 0.05) is 29.6 Å². The van der Waals surface area contributed by atoms with Crippen LogP contribution in [-0.2, 0) is 6.54 Å². The zero-order valence-electron chi connectivity index (χ0n) is 10.8. The first-order valence-electron chi connectivity index (χ1n) is 7.14. The van der Waals surface area contributed by atoms with Gasteiger partial charge >= 0.3 is 0 Å². The SMILES string of the molecule is OC1CCCC1C1CCCCN1Cc1cncs1. The second-order valence-corrected chi connectivity index (χ2v) is 6.63. The fourth-order valence-corrected chi connectivity index (χ4v) is 4.26. The highest BCUT2D eigenvalue weighted by Gasteiger charge is 2.36. The first kappa shape index (κ1) is 12.6. The number of thiazole rings is 1. The van der Waals surface area contributed by atoms with Gasteiger partial charge in [-0.05, 0) is 32.2 Å². The van der Waals surface area contributed by atoms with Crippen molar-refractivity contribution in [3.05, 3.63) is 16.6 Å². The molecule has 1 aliphatic carbocycles. The molecule has 1 saturated heterocycles. The van der Waals surface area contributed by atoms with Gasteiger partial charge in [-0.25, -0.2) is 0 Å². The number of aliphatic hydroxyl groups excluding tert-OH is 1. The summed E-state index contributed by atoms with van der Waals surface area (Å²) in [6.45, 7) is 2.21. The van der Waals surface area contributed by atoms with Crippen molar-refractivity contribution in [1.29, 1.82) is 0 Å². The number of aromatic nitrogens is 1. The van der Waals surface area contributed by atoms with Crippen LogP contribution in [0.3, 0.4) is 0 Å². The van der Waals surface area contributed by atoms with Crippen molar-refractivity contribution < 1.29 is 5.11 Å². The molecule has 1 N–H and O–H groups in total. The maximum Gasteiger partial charge on any atom is 0.0794 e. The Balaban J connectivity index is 1.69. The van der Waals surface area contributed by atoms with Crippen LogP contribution >= 0.6 is 11.3 Å². The summed E-state index contributed by atoms with van der Waals surface area (Å²) in [5, 5.41) is 10.1. The smallest absolute Gasteiger partial charge is 0.0794 e. The molecule has 0 radical (unpaired) electrons. The molecule has 4 heteroatoms. The Morgan fingerprint density at radius 3 is 2.94 bits per heavy atom. The molecule has 3 rings (SSSR count). The molecular weight excluding hydrogens is 244 g/mol. The lowest BCUT2D eigenvalue weighted by atomic mass is 9.88. The highest BCUT2D eigenvalue weighted by atomic mass is 32.1. The van der Waals surface area contributed by atoms with Crippen molar-refractivity contribution in [3.63, 3.8) is 0 Å². The van der Waals surface area contributed by atoms with Crippen molar-refractivity contribution in [2.24, 2.45) is 5.92 Å². The molecule has 18 heavy (non-hydrogen) atoms. The second-order valence-electron chi connectivity index (χ2n) is 5.66. The summed E-state index contributed by atoms with van der Waals surface area (Å²) < 4.78 is 0. The van der Waals surface area contributed by atoms with Crippen molar-refractivity contribution in [1.82, 2.24) is 9.88 Å². The average Bonchev–Trinajstić information content (AvgIpc) is 3.02. The number of nitrogens with zero attached hydrogens (tertiary/aromatic N) is 2. The van der Waals surface area contributed by atoms with E-state index >= 15 is 0 Å². The Kier molecular flexibility index (Phi) is 3.97.